The van der Waals surface area contributed by atoms with Crippen LogP contribution in [0.4, 0.5) is 0 Å². The highest BCUT2D eigenvalue weighted by atomic mass is 32.2. The Bertz CT molecular complexity index is 483. The Kier molecular flexibility index (Phi) is 4.05. The Morgan fingerprint density at radius 1 is 1.56 bits per heavy atom. The Balaban J connectivity index is 2.95. The highest BCUT2D eigenvalue weighted by molar-refractivity contribution is 7.89. The van der Waals surface area contributed by atoms with Gasteiger partial charge in [-0.3, -0.25) is 10.3 Å². The molecule has 3 N–H and O–H groups in total. The lowest BCUT2D eigenvalue weighted by Gasteiger charge is -2.09. The van der Waals surface area contributed by atoms with Crippen molar-refractivity contribution in [1.29, 1.82) is 0 Å². The fraction of sp³-hybridized carbons (Fsp3) is 0.200. The van der Waals surface area contributed by atoms with Gasteiger partial charge in [0.2, 0.25) is 10.0 Å². The van der Waals surface area contributed by atoms with E-state index in [1.165, 1.54) is 12.1 Å². The van der Waals surface area contributed by atoms with Crippen molar-refractivity contribution in [3.63, 3.8) is 0 Å². The second-order valence-electron chi connectivity index (χ2n) is 3.09. The van der Waals surface area contributed by atoms with E-state index in [9.17, 15) is 8.42 Å². The summed E-state index contributed by atoms with van der Waals surface area (Å²) in [6.45, 7) is 6.01. The zero-order chi connectivity index (χ0) is 12.2. The van der Waals surface area contributed by atoms with E-state index >= 15 is 0 Å². The molecule has 6 heteroatoms. The van der Waals surface area contributed by atoms with Gasteiger partial charge in [0, 0.05) is 5.56 Å². The molecule has 0 aliphatic rings. The van der Waals surface area contributed by atoms with Crippen LogP contribution in [-0.4, -0.2) is 15.0 Å². The van der Waals surface area contributed by atoms with Crippen LogP contribution in [0, 0.1) is 0 Å². The largest absolute Gasteiger partial charge is 0.276 e. The van der Waals surface area contributed by atoms with Gasteiger partial charge in [-0.15, -0.1) is 0 Å². The maximum absolute atomic E-state index is 11.1. The Morgan fingerprint density at radius 3 is 2.81 bits per heavy atom. The predicted octanol–water partition coefficient (Wildman–Crippen LogP) is 0.846. The Morgan fingerprint density at radius 2 is 2.25 bits per heavy atom. The molecule has 0 spiro atoms. The molecule has 5 nitrogen and oxygen atoms in total. The molecule has 0 radical (unpaired) electrons. The van der Waals surface area contributed by atoms with E-state index in [1.54, 1.807) is 12.1 Å². The number of nitrogens with one attached hydrogen (secondary N) is 1. The molecule has 0 fully saturated rings. The number of hydrogen-bond acceptors (Lipinski definition) is 4. The van der Waals surface area contributed by atoms with E-state index < -0.39 is 10.0 Å². The highest BCUT2D eigenvalue weighted by Gasteiger charge is 2.08. The first kappa shape index (κ1) is 12.7. The van der Waals surface area contributed by atoms with Crippen LogP contribution in [0.2, 0.25) is 0 Å². The monoisotopic (exact) mass is 242 g/mol. The quantitative estimate of drug-likeness (QED) is 0.750. The van der Waals surface area contributed by atoms with E-state index in [0.717, 1.165) is 0 Å². The standard InChI is InChI=1S/C10H14N2O3S/c1-3-15-12-8(2)9-5-4-6-10(7-9)16(11,13)14/h4-7,12H,2-3H2,1H3,(H2,11,13,14). The Hall–Kier alpha value is -1.37. The average Bonchev–Trinajstić information content (AvgIpc) is 2.25. The number of benzene rings is 1. The van der Waals surface area contributed by atoms with Crippen LogP contribution < -0.4 is 10.6 Å². The van der Waals surface area contributed by atoms with E-state index in [0.29, 0.717) is 17.9 Å². The average molecular weight is 242 g/mol. The summed E-state index contributed by atoms with van der Waals surface area (Å²) >= 11 is 0. The van der Waals surface area contributed by atoms with Gasteiger partial charge < -0.3 is 0 Å². The molecule has 0 aliphatic carbocycles. The van der Waals surface area contributed by atoms with E-state index in [4.69, 9.17) is 9.98 Å². The second-order valence-corrected chi connectivity index (χ2v) is 4.65. The van der Waals surface area contributed by atoms with Gasteiger partial charge in [0.25, 0.3) is 0 Å². The minimum atomic E-state index is -3.69. The molecular formula is C10H14N2O3S. The van der Waals surface area contributed by atoms with E-state index in [-0.39, 0.29) is 4.90 Å². The molecule has 1 aromatic rings. The zero-order valence-corrected chi connectivity index (χ0v) is 9.75. The van der Waals surface area contributed by atoms with Crippen LogP contribution in [0.15, 0.2) is 35.7 Å². The number of hydrogen-bond donors (Lipinski definition) is 2. The molecule has 0 heterocycles. The molecule has 0 atom stereocenters. The van der Waals surface area contributed by atoms with Gasteiger partial charge in [-0.1, -0.05) is 18.7 Å². The van der Waals surface area contributed by atoms with Gasteiger partial charge in [0.1, 0.15) is 0 Å². The molecule has 0 saturated heterocycles. The minimum absolute atomic E-state index is 0.0458. The number of primary sulfonamides is 1. The molecule has 0 bridgehead atoms. The number of sulfonamides is 1. The van der Waals surface area contributed by atoms with E-state index in [2.05, 4.69) is 12.1 Å². The molecule has 1 aromatic carbocycles. The van der Waals surface area contributed by atoms with Crippen molar-refractivity contribution in [2.45, 2.75) is 11.8 Å². The summed E-state index contributed by atoms with van der Waals surface area (Å²) in [7, 11) is -3.69. The highest BCUT2D eigenvalue weighted by Crippen LogP contribution is 2.14. The predicted molar refractivity (Wildman–Crippen MR) is 61.6 cm³/mol. The van der Waals surface area contributed by atoms with E-state index in [1.807, 2.05) is 6.92 Å². The molecule has 0 aliphatic heterocycles. The minimum Gasteiger partial charge on any atom is -0.276 e. The summed E-state index contributed by atoms with van der Waals surface area (Å²) in [6, 6.07) is 6.16. The van der Waals surface area contributed by atoms with Gasteiger partial charge in [0.15, 0.2) is 0 Å². The van der Waals surface area contributed by atoms with Gasteiger partial charge in [-0.25, -0.2) is 13.6 Å². The normalized spacial score (nSPS) is 11.1. The molecule has 0 saturated carbocycles. The first-order chi connectivity index (χ1) is 7.45. The summed E-state index contributed by atoms with van der Waals surface area (Å²) < 4.78 is 22.2. The zero-order valence-electron chi connectivity index (χ0n) is 8.93. The fourth-order valence-corrected chi connectivity index (χ4v) is 1.64. The third-order valence-corrected chi connectivity index (χ3v) is 2.76. The molecule has 0 amide bonds. The van der Waals surface area contributed by atoms with Crippen molar-refractivity contribution in [2.75, 3.05) is 6.61 Å². The Labute approximate surface area is 94.9 Å². The molecular weight excluding hydrogens is 228 g/mol. The SMILES string of the molecule is C=C(NOCC)c1cccc(S(N)(=O)=O)c1. The topological polar surface area (TPSA) is 81.4 Å². The van der Waals surface area contributed by atoms with Crippen molar-refractivity contribution in [3.8, 4) is 0 Å². The lowest BCUT2D eigenvalue weighted by molar-refractivity contribution is 0.0901. The lowest BCUT2D eigenvalue weighted by Crippen LogP contribution is -2.14. The van der Waals surface area contributed by atoms with Gasteiger partial charge in [0.05, 0.1) is 17.2 Å². The van der Waals surface area contributed by atoms with Crippen molar-refractivity contribution < 1.29 is 13.3 Å². The number of nitrogens with two attached hydrogens (primary N) is 1. The van der Waals surface area contributed by atoms with Crippen molar-refractivity contribution in [1.82, 2.24) is 5.48 Å². The molecule has 1 rings (SSSR count). The molecule has 88 valence electrons. The van der Waals surface area contributed by atoms with Crippen molar-refractivity contribution >= 4 is 15.7 Å². The van der Waals surface area contributed by atoms with Crippen LogP contribution >= 0.6 is 0 Å². The summed E-state index contributed by atoms with van der Waals surface area (Å²) in [5.41, 5.74) is 3.69. The van der Waals surface area contributed by atoms with Crippen LogP contribution in [-0.2, 0) is 14.9 Å². The summed E-state index contributed by atoms with van der Waals surface area (Å²) in [5, 5.41) is 5.02. The van der Waals surface area contributed by atoms with Crippen LogP contribution in [0.25, 0.3) is 5.70 Å². The maximum atomic E-state index is 11.1. The molecule has 16 heavy (non-hydrogen) atoms. The van der Waals surface area contributed by atoms with Crippen LogP contribution in [0.3, 0.4) is 0 Å². The van der Waals surface area contributed by atoms with Gasteiger partial charge in [-0.05, 0) is 19.1 Å². The summed E-state index contributed by atoms with van der Waals surface area (Å²) in [4.78, 5) is 4.99. The third-order valence-electron chi connectivity index (χ3n) is 1.85. The summed E-state index contributed by atoms with van der Waals surface area (Å²) in [5.74, 6) is 0. The van der Waals surface area contributed by atoms with Crippen molar-refractivity contribution in [2.24, 2.45) is 5.14 Å². The second kappa shape index (κ2) is 5.11. The summed E-state index contributed by atoms with van der Waals surface area (Å²) in [6.07, 6.45) is 0. The number of hydroxylamine groups is 1. The van der Waals surface area contributed by atoms with Crippen LogP contribution in [0.5, 0.6) is 0 Å². The molecule has 0 aromatic heterocycles. The smallest absolute Gasteiger partial charge is 0.238 e. The molecule has 0 unspecified atom stereocenters. The lowest BCUT2D eigenvalue weighted by atomic mass is 10.2. The third kappa shape index (κ3) is 3.34. The number of rotatable bonds is 5. The van der Waals surface area contributed by atoms with Crippen LogP contribution in [0.1, 0.15) is 12.5 Å². The first-order valence-electron chi connectivity index (χ1n) is 4.65. The van der Waals surface area contributed by atoms with Gasteiger partial charge in [-0.2, -0.15) is 0 Å². The maximum Gasteiger partial charge on any atom is 0.238 e. The van der Waals surface area contributed by atoms with Crippen molar-refractivity contribution in [3.05, 3.63) is 36.4 Å². The fourth-order valence-electron chi connectivity index (χ4n) is 1.08. The first-order valence-corrected chi connectivity index (χ1v) is 6.19. The van der Waals surface area contributed by atoms with Gasteiger partial charge >= 0.3 is 0 Å².